The molecule has 0 aliphatic carbocycles. The zero-order chi connectivity index (χ0) is 31.9. The van der Waals surface area contributed by atoms with Crippen LogP contribution in [0.25, 0.3) is 0 Å². The number of hydrogen-bond acceptors (Lipinski definition) is 9. The number of unbranched alkanes of at least 4 members (excludes halogenated alkanes) is 1. The fourth-order valence-electron chi connectivity index (χ4n) is 4.74. The van der Waals surface area contributed by atoms with E-state index in [0.29, 0.717) is 31.4 Å². The summed E-state index contributed by atoms with van der Waals surface area (Å²) in [6.45, 7) is -0.0673. The Kier molecular flexibility index (Phi) is 14.5. The average molecular weight is 607 g/mol. The van der Waals surface area contributed by atoms with Crippen LogP contribution in [0.3, 0.4) is 0 Å². The predicted molar refractivity (Wildman–Crippen MR) is 153 cm³/mol. The number of nitrogens with zero attached hydrogens (tertiary/aromatic N) is 1. The van der Waals surface area contributed by atoms with Crippen LogP contribution in [0.15, 0.2) is 30.3 Å². The number of aliphatic hydroxyl groups excluding tert-OH is 1. The number of nitrogens with two attached hydrogens (primary N) is 2. The molecule has 1 saturated heterocycles. The monoisotopic (exact) mass is 606 g/mol. The summed E-state index contributed by atoms with van der Waals surface area (Å²) in [5.74, 6) is -5.40. The van der Waals surface area contributed by atoms with Crippen molar-refractivity contribution in [2.75, 3.05) is 19.7 Å². The molecule has 0 aromatic heterocycles. The lowest BCUT2D eigenvalue weighted by Crippen LogP contribution is -2.58. The van der Waals surface area contributed by atoms with Crippen molar-refractivity contribution in [2.45, 2.75) is 81.6 Å². The molecule has 4 amide bonds. The van der Waals surface area contributed by atoms with Crippen molar-refractivity contribution < 1.29 is 44.1 Å². The second-order valence-corrected chi connectivity index (χ2v) is 10.4. The maximum absolute atomic E-state index is 13.5. The highest BCUT2D eigenvalue weighted by atomic mass is 16.4. The van der Waals surface area contributed by atoms with E-state index in [1.54, 1.807) is 30.3 Å². The standard InChI is InChI=1S/C28H42N6O9/c29-13-5-4-9-20(32-24(38)18(30)16-35)27(41)34-14-6-10-22(34)26(40)31-19(11-12-23(36)37)25(39)33-21(28(42)43)15-17-7-2-1-3-8-17/h1-3,7-8,18-22,35H,4-6,9-16,29-30H2,(H,31,40)(H,32,38)(H,33,39)(H,36,37)(H,42,43)/t18-,19-,20-,21-,22-/m0/s1. The number of rotatable bonds is 18. The Morgan fingerprint density at radius 3 is 2.19 bits per heavy atom. The Balaban J connectivity index is 2.18. The topological polar surface area (TPSA) is 254 Å². The van der Waals surface area contributed by atoms with Gasteiger partial charge in [-0.25, -0.2) is 4.79 Å². The van der Waals surface area contributed by atoms with Crippen molar-refractivity contribution in [1.82, 2.24) is 20.9 Å². The molecule has 0 radical (unpaired) electrons. The van der Waals surface area contributed by atoms with Crippen molar-refractivity contribution in [3.8, 4) is 0 Å². The van der Waals surface area contributed by atoms with Crippen molar-refractivity contribution in [1.29, 1.82) is 0 Å². The number of aliphatic hydroxyl groups is 1. The Labute approximate surface area is 249 Å². The first-order valence-electron chi connectivity index (χ1n) is 14.2. The van der Waals surface area contributed by atoms with Gasteiger partial charge in [-0.1, -0.05) is 30.3 Å². The van der Waals surface area contributed by atoms with E-state index < -0.39 is 78.8 Å². The number of benzene rings is 1. The van der Waals surface area contributed by atoms with Gasteiger partial charge in [0.2, 0.25) is 23.6 Å². The van der Waals surface area contributed by atoms with Crippen LogP contribution in [0, 0.1) is 0 Å². The summed E-state index contributed by atoms with van der Waals surface area (Å²) >= 11 is 0. The van der Waals surface area contributed by atoms with Crippen molar-refractivity contribution in [3.05, 3.63) is 35.9 Å². The molecule has 0 unspecified atom stereocenters. The van der Waals surface area contributed by atoms with Gasteiger partial charge >= 0.3 is 11.9 Å². The smallest absolute Gasteiger partial charge is 0.326 e. The molecule has 1 heterocycles. The van der Waals surface area contributed by atoms with Gasteiger partial charge in [-0.15, -0.1) is 0 Å². The Morgan fingerprint density at radius 2 is 1.58 bits per heavy atom. The van der Waals surface area contributed by atoms with Crippen LogP contribution in [0.4, 0.5) is 0 Å². The van der Waals surface area contributed by atoms with Gasteiger partial charge < -0.3 is 47.6 Å². The van der Waals surface area contributed by atoms with Gasteiger partial charge in [-0.2, -0.15) is 0 Å². The van der Waals surface area contributed by atoms with Gasteiger partial charge in [0, 0.05) is 19.4 Å². The highest BCUT2D eigenvalue weighted by Gasteiger charge is 2.39. The third kappa shape index (κ3) is 11.3. The van der Waals surface area contributed by atoms with Crippen LogP contribution in [-0.2, 0) is 35.2 Å². The Hall–Kier alpha value is -4.08. The molecule has 1 aliphatic rings. The molecule has 0 bridgehead atoms. The number of likely N-dealkylation sites (tertiary alicyclic amines) is 1. The molecule has 43 heavy (non-hydrogen) atoms. The molecule has 1 aromatic rings. The number of hydrogen-bond donors (Lipinski definition) is 8. The number of carbonyl (C=O) groups excluding carboxylic acids is 4. The SMILES string of the molecule is NCCCC[C@H](NC(=O)[C@@H](N)CO)C(=O)N1CCC[C@H]1C(=O)N[C@@H](CCC(=O)O)C(=O)N[C@@H](Cc1ccccc1)C(=O)O. The van der Waals surface area contributed by atoms with E-state index in [9.17, 15) is 44.1 Å². The predicted octanol–water partition coefficient (Wildman–Crippen LogP) is -1.93. The number of aliphatic carboxylic acids is 2. The molecule has 15 heteroatoms. The van der Waals surface area contributed by atoms with Crippen molar-refractivity contribution in [2.24, 2.45) is 11.5 Å². The van der Waals surface area contributed by atoms with E-state index in [4.69, 9.17) is 11.5 Å². The second kappa shape index (κ2) is 17.8. The van der Waals surface area contributed by atoms with Gasteiger partial charge in [-0.3, -0.25) is 24.0 Å². The van der Waals surface area contributed by atoms with Crippen LogP contribution < -0.4 is 27.4 Å². The number of carboxylic acids is 2. The molecule has 1 fully saturated rings. The van der Waals surface area contributed by atoms with Crippen molar-refractivity contribution >= 4 is 35.6 Å². The number of nitrogens with one attached hydrogen (secondary N) is 3. The summed E-state index contributed by atoms with van der Waals surface area (Å²) in [5.41, 5.74) is 11.8. The fourth-order valence-corrected chi connectivity index (χ4v) is 4.74. The molecule has 5 atom stereocenters. The van der Waals surface area contributed by atoms with E-state index in [-0.39, 0.29) is 32.2 Å². The van der Waals surface area contributed by atoms with Gasteiger partial charge in [0.25, 0.3) is 0 Å². The Bertz CT molecular complexity index is 1120. The summed E-state index contributed by atoms with van der Waals surface area (Å²) in [6, 6.07) is 2.55. The van der Waals surface area contributed by atoms with Crippen LogP contribution in [0.1, 0.15) is 50.5 Å². The van der Waals surface area contributed by atoms with E-state index >= 15 is 0 Å². The first-order valence-corrected chi connectivity index (χ1v) is 14.2. The zero-order valence-corrected chi connectivity index (χ0v) is 23.9. The van der Waals surface area contributed by atoms with Crippen molar-refractivity contribution in [3.63, 3.8) is 0 Å². The lowest BCUT2D eigenvalue weighted by Gasteiger charge is -2.30. The lowest BCUT2D eigenvalue weighted by atomic mass is 10.0. The van der Waals surface area contributed by atoms with Gasteiger partial charge in [0.15, 0.2) is 0 Å². The van der Waals surface area contributed by atoms with Crippen LogP contribution in [0.2, 0.25) is 0 Å². The van der Waals surface area contributed by atoms with Crippen LogP contribution >= 0.6 is 0 Å². The minimum absolute atomic E-state index is 0.0381. The quantitative estimate of drug-likeness (QED) is 0.0854. The van der Waals surface area contributed by atoms with Gasteiger partial charge in [0.1, 0.15) is 30.2 Å². The molecular weight excluding hydrogens is 564 g/mol. The van der Waals surface area contributed by atoms with Crippen LogP contribution in [-0.4, -0.2) is 106 Å². The lowest BCUT2D eigenvalue weighted by molar-refractivity contribution is -0.144. The molecule has 2 rings (SSSR count). The molecular formula is C28H42N6O9. The van der Waals surface area contributed by atoms with E-state index in [0.717, 1.165) is 0 Å². The first-order chi connectivity index (χ1) is 20.5. The largest absolute Gasteiger partial charge is 0.481 e. The fraction of sp³-hybridized carbons (Fsp3) is 0.571. The van der Waals surface area contributed by atoms with Gasteiger partial charge in [-0.05, 0) is 50.6 Å². The van der Waals surface area contributed by atoms with Crippen LogP contribution in [0.5, 0.6) is 0 Å². The summed E-state index contributed by atoms with van der Waals surface area (Å²) < 4.78 is 0. The summed E-state index contributed by atoms with van der Waals surface area (Å²) in [7, 11) is 0. The maximum atomic E-state index is 13.5. The van der Waals surface area contributed by atoms with E-state index in [1.165, 1.54) is 4.90 Å². The highest BCUT2D eigenvalue weighted by Crippen LogP contribution is 2.20. The van der Waals surface area contributed by atoms with E-state index in [2.05, 4.69) is 16.0 Å². The average Bonchev–Trinajstić information content (AvgIpc) is 3.48. The third-order valence-electron chi connectivity index (χ3n) is 7.11. The summed E-state index contributed by atoms with van der Waals surface area (Å²) in [4.78, 5) is 76.8. The Morgan fingerprint density at radius 1 is 0.907 bits per heavy atom. The normalized spacial score (nSPS) is 17.3. The van der Waals surface area contributed by atoms with Gasteiger partial charge in [0.05, 0.1) is 6.61 Å². The molecule has 15 nitrogen and oxygen atoms in total. The molecule has 0 spiro atoms. The number of carboxylic acid groups (broad SMARTS) is 2. The second-order valence-electron chi connectivity index (χ2n) is 10.4. The molecule has 10 N–H and O–H groups in total. The number of carbonyl (C=O) groups is 6. The van der Waals surface area contributed by atoms with E-state index in [1.807, 2.05) is 0 Å². The summed E-state index contributed by atoms with van der Waals surface area (Å²) in [6.07, 6.45) is 1.15. The summed E-state index contributed by atoms with van der Waals surface area (Å²) in [5, 5.41) is 35.5. The first kappa shape index (κ1) is 35.1. The molecule has 0 saturated carbocycles. The molecule has 1 aliphatic heterocycles. The minimum Gasteiger partial charge on any atom is -0.481 e. The molecule has 1 aromatic carbocycles. The molecule has 238 valence electrons. The highest BCUT2D eigenvalue weighted by molar-refractivity contribution is 5.96. The minimum atomic E-state index is -1.39. The number of amides is 4. The third-order valence-corrected chi connectivity index (χ3v) is 7.11. The zero-order valence-electron chi connectivity index (χ0n) is 23.9. The maximum Gasteiger partial charge on any atom is 0.326 e.